The fourth-order valence-corrected chi connectivity index (χ4v) is 2.76. The minimum absolute atomic E-state index is 0. The normalized spacial score (nSPS) is 18.1. The van der Waals surface area contributed by atoms with E-state index in [-0.39, 0.29) is 30.0 Å². The fourth-order valence-electron chi connectivity index (χ4n) is 2.76. The molecule has 0 aliphatic heterocycles. The van der Waals surface area contributed by atoms with Crippen LogP contribution < -0.4 is 5.73 Å². The summed E-state index contributed by atoms with van der Waals surface area (Å²) >= 11 is 0. The highest BCUT2D eigenvalue weighted by molar-refractivity contribution is 5.85. The Morgan fingerprint density at radius 2 is 1.27 bits per heavy atom. The SMILES string of the molecule is Cl.N[C@H](c1cc(C(F)(F)F)cc(C(F)(F)F)c1)C1CCCC1. The van der Waals surface area contributed by atoms with Gasteiger partial charge in [-0.25, -0.2) is 0 Å². The molecule has 0 unspecified atom stereocenters. The van der Waals surface area contributed by atoms with E-state index in [9.17, 15) is 26.3 Å². The molecular weight excluding hydrogens is 332 g/mol. The van der Waals surface area contributed by atoms with Crippen molar-refractivity contribution >= 4 is 12.4 Å². The van der Waals surface area contributed by atoms with Crippen LogP contribution in [0.25, 0.3) is 0 Å². The van der Waals surface area contributed by atoms with Crippen molar-refractivity contribution in [3.05, 3.63) is 34.9 Å². The highest BCUT2D eigenvalue weighted by atomic mass is 35.5. The molecule has 0 amide bonds. The van der Waals surface area contributed by atoms with Crippen molar-refractivity contribution < 1.29 is 26.3 Å². The predicted octanol–water partition coefficient (Wildman–Crippen LogP) is 5.34. The average molecular weight is 348 g/mol. The summed E-state index contributed by atoms with van der Waals surface area (Å²) < 4.78 is 76.6. The molecule has 0 radical (unpaired) electrons. The molecule has 22 heavy (non-hydrogen) atoms. The van der Waals surface area contributed by atoms with Gasteiger partial charge in [0.2, 0.25) is 0 Å². The van der Waals surface area contributed by atoms with Crippen LogP contribution >= 0.6 is 12.4 Å². The molecule has 2 rings (SSSR count). The molecule has 2 N–H and O–H groups in total. The van der Waals surface area contributed by atoms with Gasteiger partial charge in [-0.15, -0.1) is 12.4 Å². The third kappa shape index (κ3) is 4.29. The Morgan fingerprint density at radius 3 is 1.64 bits per heavy atom. The van der Waals surface area contributed by atoms with Gasteiger partial charge in [0.05, 0.1) is 11.1 Å². The molecule has 1 aromatic rings. The van der Waals surface area contributed by atoms with E-state index in [1.54, 1.807) is 0 Å². The number of benzene rings is 1. The van der Waals surface area contributed by atoms with Crippen molar-refractivity contribution in [2.75, 3.05) is 0 Å². The van der Waals surface area contributed by atoms with E-state index in [2.05, 4.69) is 0 Å². The van der Waals surface area contributed by atoms with Crippen LogP contribution in [-0.4, -0.2) is 0 Å². The van der Waals surface area contributed by atoms with Crippen molar-refractivity contribution in [1.82, 2.24) is 0 Å². The van der Waals surface area contributed by atoms with Gasteiger partial charge < -0.3 is 5.73 Å². The molecule has 1 nitrogen and oxygen atoms in total. The molecule has 1 aliphatic carbocycles. The molecule has 1 aliphatic rings. The van der Waals surface area contributed by atoms with Gasteiger partial charge in [0.15, 0.2) is 0 Å². The summed E-state index contributed by atoms with van der Waals surface area (Å²) in [5.41, 5.74) is 3.19. The Morgan fingerprint density at radius 1 is 0.864 bits per heavy atom. The molecule has 1 fully saturated rings. The van der Waals surface area contributed by atoms with Crippen LogP contribution in [-0.2, 0) is 12.4 Å². The van der Waals surface area contributed by atoms with Crippen molar-refractivity contribution in [2.45, 2.75) is 44.1 Å². The predicted molar refractivity (Wildman–Crippen MR) is 72.6 cm³/mol. The number of halogens is 7. The highest BCUT2D eigenvalue weighted by Crippen LogP contribution is 2.40. The topological polar surface area (TPSA) is 26.0 Å². The van der Waals surface area contributed by atoms with Crippen LogP contribution in [0.1, 0.15) is 48.4 Å². The summed E-state index contributed by atoms with van der Waals surface area (Å²) in [5, 5.41) is 0. The van der Waals surface area contributed by atoms with E-state index in [4.69, 9.17) is 5.73 Å². The van der Waals surface area contributed by atoms with Crippen molar-refractivity contribution in [1.29, 1.82) is 0 Å². The lowest BCUT2D eigenvalue weighted by Crippen LogP contribution is -2.21. The van der Waals surface area contributed by atoms with E-state index in [0.29, 0.717) is 0 Å². The first kappa shape index (κ1) is 19.1. The second kappa shape index (κ2) is 6.66. The molecule has 0 spiro atoms. The molecule has 126 valence electrons. The maximum atomic E-state index is 12.8. The van der Waals surface area contributed by atoms with Crippen LogP contribution in [0.4, 0.5) is 26.3 Å². The third-order valence-corrected chi connectivity index (χ3v) is 3.90. The first-order chi connectivity index (χ1) is 9.59. The van der Waals surface area contributed by atoms with Gasteiger partial charge in [-0.3, -0.25) is 0 Å². The summed E-state index contributed by atoms with van der Waals surface area (Å²) in [5.74, 6) is -0.0606. The lowest BCUT2D eigenvalue weighted by Gasteiger charge is -2.22. The monoisotopic (exact) mass is 347 g/mol. The number of hydrogen-bond donors (Lipinski definition) is 1. The van der Waals surface area contributed by atoms with E-state index < -0.39 is 29.5 Å². The van der Waals surface area contributed by atoms with Crippen molar-refractivity contribution in [3.8, 4) is 0 Å². The van der Waals surface area contributed by atoms with Crippen LogP contribution in [0.2, 0.25) is 0 Å². The van der Waals surface area contributed by atoms with Gasteiger partial charge in [0, 0.05) is 6.04 Å². The first-order valence-corrected chi connectivity index (χ1v) is 6.64. The Bertz CT molecular complexity index is 473. The molecule has 0 aromatic heterocycles. The molecule has 0 heterocycles. The Balaban J connectivity index is 0.00000242. The fraction of sp³-hybridized carbons (Fsp3) is 0.571. The van der Waals surface area contributed by atoms with Gasteiger partial charge in [-0.1, -0.05) is 12.8 Å². The summed E-state index contributed by atoms with van der Waals surface area (Å²) in [6, 6.07) is 0.803. The van der Waals surface area contributed by atoms with Crippen LogP contribution in [0.3, 0.4) is 0 Å². The van der Waals surface area contributed by atoms with E-state index in [1.165, 1.54) is 0 Å². The maximum absolute atomic E-state index is 12.8. The molecule has 8 heteroatoms. The van der Waals surface area contributed by atoms with Gasteiger partial charge in [-0.2, -0.15) is 26.3 Å². The minimum Gasteiger partial charge on any atom is -0.324 e. The minimum atomic E-state index is -4.83. The summed E-state index contributed by atoms with van der Waals surface area (Å²) in [4.78, 5) is 0. The van der Waals surface area contributed by atoms with Crippen LogP contribution in [0.15, 0.2) is 18.2 Å². The lowest BCUT2D eigenvalue weighted by atomic mass is 9.90. The van der Waals surface area contributed by atoms with Gasteiger partial charge >= 0.3 is 12.4 Å². The Labute approximate surface area is 130 Å². The standard InChI is InChI=1S/C14H15F6N.ClH/c15-13(16,17)10-5-9(6-11(7-10)14(18,19)20)12(21)8-3-1-2-4-8;/h5-8,12H,1-4,21H2;1H/t12-;/m0./s1. The Hall–Kier alpha value is -0.950. The van der Waals surface area contributed by atoms with Gasteiger partial charge in [0.1, 0.15) is 0 Å². The number of hydrogen-bond acceptors (Lipinski definition) is 1. The molecular formula is C14H16ClF6N. The largest absolute Gasteiger partial charge is 0.416 e. The summed E-state index contributed by atoms with van der Waals surface area (Å²) in [7, 11) is 0. The number of rotatable bonds is 2. The third-order valence-electron chi connectivity index (χ3n) is 3.90. The molecule has 0 saturated heterocycles. The molecule has 1 aromatic carbocycles. The lowest BCUT2D eigenvalue weighted by molar-refractivity contribution is -0.143. The van der Waals surface area contributed by atoms with Crippen LogP contribution in [0, 0.1) is 5.92 Å². The summed E-state index contributed by atoms with van der Waals surface area (Å²) in [6.07, 6.45) is -6.37. The zero-order chi connectivity index (χ0) is 15.8. The average Bonchev–Trinajstić information content (AvgIpc) is 2.89. The summed E-state index contributed by atoms with van der Waals surface area (Å²) in [6.45, 7) is 0. The first-order valence-electron chi connectivity index (χ1n) is 6.64. The molecule has 1 atom stereocenters. The zero-order valence-corrected chi connectivity index (χ0v) is 12.3. The molecule has 1 saturated carbocycles. The second-order valence-electron chi connectivity index (χ2n) is 5.41. The van der Waals surface area contributed by atoms with E-state index in [1.807, 2.05) is 0 Å². The maximum Gasteiger partial charge on any atom is 0.416 e. The van der Waals surface area contributed by atoms with E-state index in [0.717, 1.165) is 37.8 Å². The quantitative estimate of drug-likeness (QED) is 0.718. The van der Waals surface area contributed by atoms with Crippen LogP contribution in [0.5, 0.6) is 0 Å². The number of alkyl halides is 6. The van der Waals surface area contributed by atoms with Gasteiger partial charge in [-0.05, 0) is 42.5 Å². The molecule has 0 bridgehead atoms. The second-order valence-corrected chi connectivity index (χ2v) is 5.41. The smallest absolute Gasteiger partial charge is 0.324 e. The highest BCUT2D eigenvalue weighted by Gasteiger charge is 2.38. The van der Waals surface area contributed by atoms with Gasteiger partial charge in [0.25, 0.3) is 0 Å². The Kier molecular flexibility index (Phi) is 5.78. The number of nitrogens with two attached hydrogens (primary N) is 1. The van der Waals surface area contributed by atoms with Crippen molar-refractivity contribution in [2.24, 2.45) is 11.7 Å². The van der Waals surface area contributed by atoms with Crippen molar-refractivity contribution in [3.63, 3.8) is 0 Å². The van der Waals surface area contributed by atoms with E-state index >= 15 is 0 Å². The zero-order valence-electron chi connectivity index (χ0n) is 11.5.